The molecule has 88 heavy (non-hydrogen) atoms. The predicted octanol–water partition coefficient (Wildman–Crippen LogP) is 3.91. The molecule has 11 atom stereocenters. The molecule has 0 radical (unpaired) electrons. The number of amides is 8. The highest BCUT2D eigenvalue weighted by atomic mass is 16.6. The summed E-state index contributed by atoms with van der Waals surface area (Å²) < 4.78 is 6.04. The van der Waals surface area contributed by atoms with Crippen LogP contribution < -0.4 is 20.9 Å². The maximum atomic E-state index is 15.7. The van der Waals surface area contributed by atoms with Crippen molar-refractivity contribution in [3.05, 3.63) is 84.1 Å². The molecule has 3 aromatic rings. The maximum absolute atomic E-state index is 15.7. The van der Waals surface area contributed by atoms with Crippen LogP contribution in [0.1, 0.15) is 112 Å². The molecule has 6 rings (SSSR count). The van der Waals surface area contributed by atoms with E-state index in [2.05, 4.69) is 32.8 Å². The molecule has 4 heterocycles. The zero-order chi connectivity index (χ0) is 65.1. The van der Waals surface area contributed by atoms with E-state index in [4.69, 9.17) is 9.72 Å². The molecule has 3 fully saturated rings. The summed E-state index contributed by atoms with van der Waals surface area (Å²) in [5.74, 6) is -6.96. The van der Waals surface area contributed by atoms with E-state index in [-0.39, 0.29) is 38.1 Å². The summed E-state index contributed by atoms with van der Waals surface area (Å²) in [6.07, 6.45) is 1.71. The Hall–Kier alpha value is -7.46. The first kappa shape index (κ1) is 69.6. The van der Waals surface area contributed by atoms with Gasteiger partial charge in [0.1, 0.15) is 48.1 Å². The third-order valence-electron chi connectivity index (χ3n) is 18.1. The smallest absolute Gasteiger partial charge is 0.332 e. The summed E-state index contributed by atoms with van der Waals surface area (Å²) in [4.78, 5) is 149. The van der Waals surface area contributed by atoms with Crippen LogP contribution in [0.2, 0.25) is 0 Å². The molecule has 22 heteroatoms. The van der Waals surface area contributed by atoms with E-state index in [1.165, 1.54) is 70.6 Å². The normalized spacial score (nSPS) is 26.1. The van der Waals surface area contributed by atoms with Crippen LogP contribution in [0.25, 0.3) is 11.1 Å². The highest BCUT2D eigenvalue weighted by molar-refractivity contribution is 5.99. The molecular weight excluding hydrogens is 1120 g/mol. The Bertz CT molecular complexity index is 2950. The van der Waals surface area contributed by atoms with Gasteiger partial charge in [-0.3, -0.25) is 38.4 Å². The van der Waals surface area contributed by atoms with Crippen molar-refractivity contribution in [1.82, 2.24) is 50.3 Å². The first-order valence-corrected chi connectivity index (χ1v) is 31.2. The van der Waals surface area contributed by atoms with Crippen LogP contribution in [-0.4, -0.2) is 221 Å². The van der Waals surface area contributed by atoms with E-state index in [9.17, 15) is 38.7 Å². The second-order valence-electron chi connectivity index (χ2n) is 25.6. The van der Waals surface area contributed by atoms with E-state index in [0.717, 1.165) is 52.9 Å². The van der Waals surface area contributed by atoms with Gasteiger partial charge in [-0.05, 0) is 107 Å². The fourth-order valence-corrected chi connectivity index (χ4v) is 11.7. The Morgan fingerprint density at radius 3 is 1.80 bits per heavy atom. The molecule has 22 nitrogen and oxygen atoms in total. The molecule has 2 aromatic carbocycles. The summed E-state index contributed by atoms with van der Waals surface area (Å²) in [5, 5.41) is 20.3. The van der Waals surface area contributed by atoms with Gasteiger partial charge in [0.2, 0.25) is 41.4 Å². The zero-order valence-corrected chi connectivity index (χ0v) is 54.4. The van der Waals surface area contributed by atoms with Crippen LogP contribution in [0, 0.1) is 17.8 Å². The average molecular weight is 1220 g/mol. The van der Waals surface area contributed by atoms with Gasteiger partial charge in [0, 0.05) is 85.9 Å². The number of pyridine rings is 1. The topological polar surface area (TPSA) is 255 Å². The fraction of sp³-hybridized carbons (Fsp3) is 0.606. The molecule has 0 saturated carbocycles. The zero-order valence-electron chi connectivity index (χ0n) is 54.4. The van der Waals surface area contributed by atoms with Gasteiger partial charge in [-0.15, -0.1) is 0 Å². The Labute approximate surface area is 520 Å². The highest BCUT2D eigenvalue weighted by Gasteiger charge is 2.47. The number of carbonyl (C=O) groups is 9. The van der Waals surface area contributed by atoms with E-state index < -0.39 is 125 Å². The third kappa shape index (κ3) is 17.0. The molecule has 482 valence electrons. The summed E-state index contributed by atoms with van der Waals surface area (Å²) in [6.45, 7) is 20.0. The number of aliphatic hydroxyl groups is 1. The number of likely N-dealkylation sites (N-methyl/N-ethyl adjacent to an activating group) is 5. The van der Waals surface area contributed by atoms with Crippen LogP contribution in [0.4, 0.5) is 5.82 Å². The number of nitrogens with zero attached hydrogens (tertiary/aromatic N) is 8. The van der Waals surface area contributed by atoms with E-state index in [1.807, 2.05) is 63.2 Å². The van der Waals surface area contributed by atoms with Crippen molar-refractivity contribution in [2.75, 3.05) is 72.9 Å². The number of aromatic nitrogens is 1. The number of carbonyl (C=O) groups excluding carboxylic acids is 9. The van der Waals surface area contributed by atoms with Gasteiger partial charge in [0.15, 0.2) is 12.1 Å². The van der Waals surface area contributed by atoms with Gasteiger partial charge in [0.25, 0.3) is 5.91 Å². The molecule has 8 unspecified atom stereocenters. The Kier molecular flexibility index (Phi) is 24.2. The lowest BCUT2D eigenvalue weighted by molar-refractivity contribution is -0.177. The minimum absolute atomic E-state index is 0.0159. The van der Waals surface area contributed by atoms with Crippen LogP contribution >= 0.6 is 0 Å². The summed E-state index contributed by atoms with van der Waals surface area (Å²) in [7, 11) is 7.68. The molecule has 0 spiro atoms. The van der Waals surface area contributed by atoms with Gasteiger partial charge in [0.05, 0.1) is 5.60 Å². The number of piperazine rings is 1. The largest absolute Gasteiger partial charge is 0.450 e. The van der Waals surface area contributed by atoms with Crippen molar-refractivity contribution in [2.24, 2.45) is 17.8 Å². The van der Waals surface area contributed by atoms with Crippen molar-refractivity contribution in [1.29, 1.82) is 0 Å². The summed E-state index contributed by atoms with van der Waals surface area (Å²) in [6, 6.07) is 10.4. The molecule has 0 bridgehead atoms. The van der Waals surface area contributed by atoms with Crippen LogP contribution in [0.15, 0.2) is 72.9 Å². The minimum atomic E-state index is -1.97. The third-order valence-corrected chi connectivity index (χ3v) is 18.1. The van der Waals surface area contributed by atoms with Crippen molar-refractivity contribution in [2.45, 2.75) is 174 Å². The summed E-state index contributed by atoms with van der Waals surface area (Å²) in [5.41, 5.74) is 1.14. The first-order valence-electron chi connectivity index (χ1n) is 31.2. The molecule has 0 aliphatic carbocycles. The lowest BCUT2D eigenvalue weighted by atomic mass is 9.94. The molecule has 3 aliphatic rings. The van der Waals surface area contributed by atoms with Crippen molar-refractivity contribution in [3.63, 3.8) is 0 Å². The number of cyclic esters (lactones) is 1. The molecule has 8 amide bonds. The molecule has 4 N–H and O–H groups in total. The molecule has 3 saturated heterocycles. The van der Waals surface area contributed by atoms with Gasteiger partial charge in [-0.2, -0.15) is 0 Å². The predicted molar refractivity (Wildman–Crippen MR) is 336 cm³/mol. The van der Waals surface area contributed by atoms with Gasteiger partial charge in [-0.25, -0.2) is 9.78 Å². The molecular formula is C66H97N11O11. The fourth-order valence-electron chi connectivity index (χ4n) is 11.7. The number of fused-ring (bicyclic) bond motifs is 1. The minimum Gasteiger partial charge on any atom is -0.450 e. The van der Waals surface area contributed by atoms with E-state index in [1.54, 1.807) is 51.2 Å². The number of ether oxygens (including phenoxy) is 1. The second-order valence-corrected chi connectivity index (χ2v) is 25.6. The van der Waals surface area contributed by atoms with Crippen molar-refractivity contribution >= 4 is 59.0 Å². The number of anilines is 1. The van der Waals surface area contributed by atoms with E-state index >= 15 is 9.59 Å². The van der Waals surface area contributed by atoms with E-state index in [0.29, 0.717) is 30.4 Å². The standard InChI is InChI=1S/C66H97N11O11/c1-16-41(5)54-63(84)72(12)43(7)57(78)68-49(35-40(3)4)61(82)75(15)56(66(9,10)87)65(86)88-55(42(6)17-2)64(85)73(13)44(8)58(79)69-50(37-45-23-19-18-20-24-45)60(81)74(14)52(62(83)77-30-22-27-51(77)59(80)70-54)38-46-25-21-26-47(36-46)48-28-29-67-53(39-48)76-33-31-71(11)32-34-76/h18-21,23-26,28-29,36,39-44,49-52,54-56,87H,16-17,22,27,30-35,37-38H2,1-15H3,(H,68,78)(H,69,79)(H,70,80)/t41?,42-,43+,44+,49?,50?,51?,52?,54?,55?,56?/m1/s1. The van der Waals surface area contributed by atoms with Crippen LogP contribution in [-0.2, 0) is 60.7 Å². The Balaban J connectivity index is 1.47. The SMILES string of the molecule is CCC(C)C1NC(=O)C2CCCN2C(=O)C(Cc2cccc(-c3ccnc(N4CCN(C)CC4)c3)c2)N(C)C(=O)C(Cc2ccccc2)NC(=O)[C@H](C)N(C)C(=O)C([C@H](C)CC)OC(=O)C(C(C)(C)O)N(C)C(=O)C(CC(C)C)NC(=O)[C@H](C)N(C)C1=O. The first-order chi connectivity index (χ1) is 41.5. The van der Waals surface area contributed by atoms with Gasteiger partial charge in [-0.1, -0.05) is 103 Å². The molecule has 1 aromatic heterocycles. The molecule has 3 aliphatic heterocycles. The maximum Gasteiger partial charge on any atom is 0.332 e. The Morgan fingerprint density at radius 1 is 0.614 bits per heavy atom. The lowest BCUT2D eigenvalue weighted by Crippen LogP contribution is -2.62. The van der Waals surface area contributed by atoms with Crippen LogP contribution in [0.3, 0.4) is 0 Å². The van der Waals surface area contributed by atoms with Crippen molar-refractivity contribution < 1.29 is 53.0 Å². The quantitative estimate of drug-likeness (QED) is 0.177. The monoisotopic (exact) mass is 1220 g/mol. The number of hydrogen-bond acceptors (Lipinski definition) is 14. The Morgan fingerprint density at radius 2 is 1.19 bits per heavy atom. The summed E-state index contributed by atoms with van der Waals surface area (Å²) >= 11 is 0. The van der Waals surface area contributed by atoms with Gasteiger partial charge < -0.3 is 60.1 Å². The average Bonchev–Trinajstić information content (AvgIpc) is 2.82. The highest BCUT2D eigenvalue weighted by Crippen LogP contribution is 2.29. The second kappa shape index (κ2) is 30.6. The number of rotatable bonds is 13. The van der Waals surface area contributed by atoms with Crippen LogP contribution in [0.5, 0.6) is 0 Å². The number of hydrogen-bond donors (Lipinski definition) is 4. The van der Waals surface area contributed by atoms with Crippen molar-refractivity contribution in [3.8, 4) is 11.1 Å². The lowest BCUT2D eigenvalue weighted by Gasteiger charge is -2.39. The number of esters is 1. The number of nitrogens with one attached hydrogen (secondary N) is 3. The number of benzene rings is 2. The van der Waals surface area contributed by atoms with Gasteiger partial charge >= 0.3 is 5.97 Å².